The molecule has 0 fully saturated rings. The maximum atomic E-state index is 5.86. The summed E-state index contributed by atoms with van der Waals surface area (Å²) >= 11 is 5.86. The second-order valence-electron chi connectivity index (χ2n) is 5.49. The van der Waals surface area contributed by atoms with Gasteiger partial charge in [-0.2, -0.15) is 0 Å². The van der Waals surface area contributed by atoms with E-state index in [-0.39, 0.29) is 24.0 Å². The fourth-order valence-electron chi connectivity index (χ4n) is 2.04. The molecule has 144 valence electrons. The predicted octanol–water partition coefficient (Wildman–Crippen LogP) is 2.42. The van der Waals surface area contributed by atoms with E-state index in [1.165, 1.54) is 0 Å². The molecular weight excluding hydrogens is 455 g/mol. The number of benzene rings is 1. The summed E-state index contributed by atoms with van der Waals surface area (Å²) in [4.78, 5) is 8.56. The molecule has 0 aromatic heterocycles. The largest absolute Gasteiger partial charge is 0.492 e. The van der Waals surface area contributed by atoms with E-state index in [9.17, 15) is 0 Å². The fraction of sp³-hybridized carbons (Fsp3) is 0.588. The number of ether oxygens (including phenoxy) is 2. The first-order chi connectivity index (χ1) is 11.6. The molecule has 0 aliphatic carbocycles. The molecule has 0 radical (unpaired) electrons. The summed E-state index contributed by atoms with van der Waals surface area (Å²) in [5, 5.41) is 4.06. The van der Waals surface area contributed by atoms with Crippen LogP contribution in [0.25, 0.3) is 0 Å². The van der Waals surface area contributed by atoms with Crippen LogP contribution in [-0.4, -0.2) is 83.4 Å². The monoisotopic (exact) mass is 484 g/mol. The minimum absolute atomic E-state index is 0. The van der Waals surface area contributed by atoms with Crippen molar-refractivity contribution in [1.82, 2.24) is 15.1 Å². The van der Waals surface area contributed by atoms with E-state index in [1.807, 2.05) is 36.2 Å². The predicted molar refractivity (Wildman–Crippen MR) is 116 cm³/mol. The molecule has 0 aliphatic rings. The average Bonchev–Trinajstić information content (AvgIpc) is 2.58. The van der Waals surface area contributed by atoms with E-state index in [0.717, 1.165) is 44.5 Å². The van der Waals surface area contributed by atoms with Gasteiger partial charge in [0.15, 0.2) is 5.96 Å². The maximum Gasteiger partial charge on any atom is 0.193 e. The van der Waals surface area contributed by atoms with Gasteiger partial charge in [-0.25, -0.2) is 0 Å². The second kappa shape index (κ2) is 14.4. The van der Waals surface area contributed by atoms with Gasteiger partial charge in [0.1, 0.15) is 12.4 Å². The molecule has 0 saturated carbocycles. The molecule has 6 nitrogen and oxygen atoms in total. The Kier molecular flexibility index (Phi) is 14.0. The third-order valence-corrected chi connectivity index (χ3v) is 3.79. The van der Waals surface area contributed by atoms with Crippen molar-refractivity contribution < 1.29 is 9.47 Å². The molecule has 25 heavy (non-hydrogen) atoms. The van der Waals surface area contributed by atoms with Gasteiger partial charge in [-0.1, -0.05) is 11.6 Å². The number of guanidine groups is 1. The lowest BCUT2D eigenvalue weighted by Crippen LogP contribution is -2.43. The highest BCUT2D eigenvalue weighted by Crippen LogP contribution is 2.15. The third-order valence-electron chi connectivity index (χ3n) is 3.54. The van der Waals surface area contributed by atoms with Crippen molar-refractivity contribution >= 4 is 41.5 Å². The van der Waals surface area contributed by atoms with Gasteiger partial charge in [0.2, 0.25) is 0 Å². The molecule has 0 atom stereocenters. The molecule has 0 aliphatic heterocycles. The summed E-state index contributed by atoms with van der Waals surface area (Å²) in [6.07, 6.45) is 0. The topological polar surface area (TPSA) is 49.3 Å². The minimum Gasteiger partial charge on any atom is -0.492 e. The Morgan fingerprint density at radius 3 is 2.40 bits per heavy atom. The normalized spacial score (nSPS) is 11.2. The summed E-state index contributed by atoms with van der Waals surface area (Å²) in [6.45, 7) is 4.73. The highest BCUT2D eigenvalue weighted by Gasteiger charge is 2.06. The first-order valence-corrected chi connectivity index (χ1v) is 8.42. The Morgan fingerprint density at radius 2 is 1.80 bits per heavy atom. The number of nitrogens with one attached hydrogen (secondary N) is 1. The Morgan fingerprint density at radius 1 is 1.12 bits per heavy atom. The van der Waals surface area contributed by atoms with Gasteiger partial charge in [-0.15, -0.1) is 24.0 Å². The van der Waals surface area contributed by atoms with Gasteiger partial charge < -0.3 is 24.6 Å². The molecule has 1 rings (SSSR count). The quantitative estimate of drug-likeness (QED) is 0.314. The minimum atomic E-state index is 0. The van der Waals surface area contributed by atoms with Gasteiger partial charge in [-0.3, -0.25) is 4.99 Å². The molecule has 0 unspecified atom stereocenters. The summed E-state index contributed by atoms with van der Waals surface area (Å²) in [7, 11) is 7.57. The van der Waals surface area contributed by atoms with Crippen LogP contribution in [0.5, 0.6) is 5.75 Å². The number of halogens is 2. The van der Waals surface area contributed by atoms with Gasteiger partial charge in [0.25, 0.3) is 0 Å². The van der Waals surface area contributed by atoms with Crippen LogP contribution in [0.4, 0.5) is 0 Å². The zero-order chi connectivity index (χ0) is 17.8. The van der Waals surface area contributed by atoms with Crippen molar-refractivity contribution in [3.8, 4) is 5.75 Å². The first-order valence-electron chi connectivity index (χ1n) is 8.04. The molecule has 1 N–H and O–H groups in total. The standard InChI is InChI=1S/C17H29ClN4O2.HI/c1-19-17(20-9-10-21(2)11-13-23-4)22(3)12-14-24-16-7-5-15(18)6-8-16;/h5-8H,9-14H2,1-4H3,(H,19,20);1H. The van der Waals surface area contributed by atoms with Crippen molar-refractivity contribution in [2.75, 3.05) is 67.6 Å². The van der Waals surface area contributed by atoms with Gasteiger partial charge in [-0.05, 0) is 31.3 Å². The molecule has 8 heteroatoms. The number of methoxy groups -OCH3 is 1. The van der Waals surface area contributed by atoms with Crippen LogP contribution in [0.3, 0.4) is 0 Å². The maximum absolute atomic E-state index is 5.86. The number of aliphatic imine (C=N–C) groups is 1. The smallest absolute Gasteiger partial charge is 0.193 e. The SMILES string of the molecule is CN=C(NCCN(C)CCOC)N(C)CCOc1ccc(Cl)cc1.I. The molecule has 0 bridgehead atoms. The Labute approximate surface area is 173 Å². The number of likely N-dealkylation sites (N-methyl/N-ethyl adjacent to an activating group) is 2. The summed E-state index contributed by atoms with van der Waals surface area (Å²) in [5.41, 5.74) is 0. The molecule has 0 spiro atoms. The number of nitrogens with zero attached hydrogens (tertiary/aromatic N) is 3. The summed E-state index contributed by atoms with van der Waals surface area (Å²) < 4.78 is 10.8. The first kappa shape index (κ1) is 24.2. The zero-order valence-electron chi connectivity index (χ0n) is 15.5. The molecule has 0 saturated heterocycles. The number of hydrogen-bond donors (Lipinski definition) is 1. The van der Waals surface area contributed by atoms with Crippen molar-refractivity contribution in [2.24, 2.45) is 4.99 Å². The third kappa shape index (κ3) is 10.7. The highest BCUT2D eigenvalue weighted by atomic mass is 127. The van der Waals surface area contributed by atoms with Crippen LogP contribution < -0.4 is 10.1 Å². The van der Waals surface area contributed by atoms with Gasteiger partial charge >= 0.3 is 0 Å². The summed E-state index contributed by atoms with van der Waals surface area (Å²) in [6, 6.07) is 7.37. The van der Waals surface area contributed by atoms with E-state index in [0.29, 0.717) is 11.6 Å². The van der Waals surface area contributed by atoms with Gasteiger partial charge in [0.05, 0.1) is 13.2 Å². The van der Waals surface area contributed by atoms with Crippen molar-refractivity contribution in [3.05, 3.63) is 29.3 Å². The second-order valence-corrected chi connectivity index (χ2v) is 5.93. The Bertz CT molecular complexity index is 488. The van der Waals surface area contributed by atoms with Crippen LogP contribution in [0.15, 0.2) is 29.3 Å². The Hall–Kier alpha value is -0.770. The van der Waals surface area contributed by atoms with E-state index in [2.05, 4.69) is 22.3 Å². The number of hydrogen-bond acceptors (Lipinski definition) is 4. The van der Waals surface area contributed by atoms with Crippen molar-refractivity contribution in [3.63, 3.8) is 0 Å². The van der Waals surface area contributed by atoms with E-state index < -0.39 is 0 Å². The van der Waals surface area contributed by atoms with Crippen LogP contribution in [0.2, 0.25) is 5.02 Å². The van der Waals surface area contributed by atoms with Crippen LogP contribution >= 0.6 is 35.6 Å². The summed E-state index contributed by atoms with van der Waals surface area (Å²) in [5.74, 6) is 1.67. The van der Waals surface area contributed by atoms with E-state index >= 15 is 0 Å². The average molecular weight is 485 g/mol. The molecule has 0 amide bonds. The van der Waals surface area contributed by atoms with Crippen molar-refractivity contribution in [2.45, 2.75) is 0 Å². The number of rotatable bonds is 10. The Balaban J connectivity index is 0.00000576. The molecular formula is C17H30ClIN4O2. The lowest BCUT2D eigenvalue weighted by atomic mass is 10.3. The van der Waals surface area contributed by atoms with Crippen LogP contribution in [0, 0.1) is 0 Å². The van der Waals surface area contributed by atoms with E-state index in [4.69, 9.17) is 21.1 Å². The molecule has 1 aromatic carbocycles. The fourth-order valence-corrected chi connectivity index (χ4v) is 2.17. The van der Waals surface area contributed by atoms with E-state index in [1.54, 1.807) is 14.2 Å². The molecule has 0 heterocycles. The lowest BCUT2D eigenvalue weighted by molar-refractivity contribution is 0.162. The van der Waals surface area contributed by atoms with Crippen molar-refractivity contribution in [1.29, 1.82) is 0 Å². The lowest BCUT2D eigenvalue weighted by Gasteiger charge is -2.23. The highest BCUT2D eigenvalue weighted by molar-refractivity contribution is 14.0. The van der Waals surface area contributed by atoms with Crippen LogP contribution in [0.1, 0.15) is 0 Å². The molecule has 1 aromatic rings. The van der Waals surface area contributed by atoms with Crippen LogP contribution in [-0.2, 0) is 4.74 Å². The van der Waals surface area contributed by atoms with Gasteiger partial charge in [0, 0.05) is 45.9 Å². The zero-order valence-corrected chi connectivity index (χ0v) is 18.6.